The molecule has 0 radical (unpaired) electrons. The van der Waals surface area contributed by atoms with E-state index in [2.05, 4.69) is 10.5 Å². The van der Waals surface area contributed by atoms with Gasteiger partial charge < -0.3 is 19.1 Å². The predicted octanol–water partition coefficient (Wildman–Crippen LogP) is 1.60. The number of rotatable bonds is 5. The van der Waals surface area contributed by atoms with Crippen LogP contribution in [-0.4, -0.2) is 22.7 Å². The van der Waals surface area contributed by atoms with Crippen LogP contribution in [0.2, 0.25) is 0 Å². The fraction of sp³-hybridized carbons (Fsp3) is 0.235. The van der Waals surface area contributed by atoms with Gasteiger partial charge in [0.05, 0.1) is 12.1 Å². The fourth-order valence-electron chi connectivity index (χ4n) is 2.57. The van der Waals surface area contributed by atoms with Crippen LogP contribution in [0.1, 0.15) is 21.6 Å². The maximum atomic E-state index is 12.4. The fourth-order valence-corrected chi connectivity index (χ4v) is 2.57. The maximum Gasteiger partial charge on any atom is 0.256 e. The monoisotopic (exact) mass is 327 g/mol. The van der Waals surface area contributed by atoms with Crippen LogP contribution >= 0.6 is 0 Å². The molecule has 0 bridgehead atoms. The molecule has 0 aliphatic heterocycles. The zero-order valence-corrected chi connectivity index (χ0v) is 13.4. The van der Waals surface area contributed by atoms with Gasteiger partial charge in [-0.25, -0.2) is 0 Å². The minimum Gasteiger partial charge on any atom is -0.378 e. The van der Waals surface area contributed by atoms with Crippen LogP contribution in [0.5, 0.6) is 0 Å². The highest BCUT2D eigenvalue weighted by atomic mass is 16.5. The lowest BCUT2D eigenvalue weighted by molar-refractivity contribution is 0.0945. The molecule has 0 unspecified atom stereocenters. The Hall–Kier alpha value is -2.93. The molecule has 1 aromatic carbocycles. The summed E-state index contributed by atoms with van der Waals surface area (Å²) in [6.07, 6.45) is 1.27. The molecule has 0 saturated carbocycles. The van der Waals surface area contributed by atoms with Crippen LogP contribution in [0.3, 0.4) is 0 Å². The molecule has 1 amide bonds. The van der Waals surface area contributed by atoms with E-state index < -0.39 is 0 Å². The molecule has 0 saturated heterocycles. The van der Waals surface area contributed by atoms with Crippen molar-refractivity contribution in [2.75, 3.05) is 7.11 Å². The van der Waals surface area contributed by atoms with Crippen molar-refractivity contribution in [2.45, 2.75) is 13.2 Å². The average molecular weight is 327 g/mol. The number of para-hydroxylation sites is 1. The molecule has 0 fully saturated rings. The largest absolute Gasteiger partial charge is 0.378 e. The van der Waals surface area contributed by atoms with Crippen LogP contribution in [-0.2, 0) is 24.9 Å². The van der Waals surface area contributed by atoms with Gasteiger partial charge >= 0.3 is 0 Å². The minimum absolute atomic E-state index is 0.119. The molecule has 2 aromatic heterocycles. The first-order chi connectivity index (χ1) is 11.6. The first-order valence-corrected chi connectivity index (χ1v) is 7.40. The van der Waals surface area contributed by atoms with Gasteiger partial charge in [-0.05, 0) is 17.5 Å². The van der Waals surface area contributed by atoms with Crippen molar-refractivity contribution in [1.82, 2.24) is 15.0 Å². The van der Waals surface area contributed by atoms with Crippen molar-refractivity contribution in [1.29, 1.82) is 0 Å². The normalized spacial score (nSPS) is 10.9. The van der Waals surface area contributed by atoms with Crippen molar-refractivity contribution < 1.29 is 14.1 Å². The lowest BCUT2D eigenvalue weighted by Crippen LogP contribution is -2.29. The number of nitrogens with zero attached hydrogens (tertiary/aromatic N) is 2. The third-order valence-electron chi connectivity index (χ3n) is 3.82. The number of benzene rings is 1. The number of pyridine rings is 1. The summed E-state index contributed by atoms with van der Waals surface area (Å²) in [5, 5.41) is 7.39. The van der Waals surface area contributed by atoms with Gasteiger partial charge in [0.1, 0.15) is 17.5 Å². The highest BCUT2D eigenvalue weighted by molar-refractivity contribution is 5.94. The van der Waals surface area contributed by atoms with Crippen LogP contribution in [0.15, 0.2) is 45.9 Å². The number of amides is 1. The number of aryl methyl sites for hydroxylation is 1. The molecule has 2 heterocycles. The second kappa shape index (κ2) is 6.67. The Balaban J connectivity index is 1.83. The van der Waals surface area contributed by atoms with Gasteiger partial charge in [0, 0.05) is 26.3 Å². The van der Waals surface area contributed by atoms with Crippen molar-refractivity contribution >= 4 is 16.8 Å². The molecule has 0 aliphatic carbocycles. The topological polar surface area (TPSA) is 86.4 Å². The summed E-state index contributed by atoms with van der Waals surface area (Å²) in [4.78, 5) is 24.7. The third-order valence-corrected chi connectivity index (χ3v) is 3.82. The first kappa shape index (κ1) is 15.9. The summed E-state index contributed by atoms with van der Waals surface area (Å²) >= 11 is 0. The molecular formula is C17H17N3O4. The van der Waals surface area contributed by atoms with E-state index in [0.717, 1.165) is 10.9 Å². The number of hydrogen-bond donors (Lipinski definition) is 1. The molecule has 7 nitrogen and oxygen atoms in total. The van der Waals surface area contributed by atoms with Crippen molar-refractivity contribution in [2.24, 2.45) is 7.05 Å². The molecule has 3 rings (SSSR count). The smallest absolute Gasteiger partial charge is 0.256 e. The number of carbonyl (C=O) groups is 1. The number of nitrogens with one attached hydrogen (secondary N) is 1. The highest BCUT2D eigenvalue weighted by Gasteiger charge is 2.16. The first-order valence-electron chi connectivity index (χ1n) is 7.40. The third kappa shape index (κ3) is 2.93. The molecular weight excluding hydrogens is 310 g/mol. The number of aromatic nitrogens is 2. The Morgan fingerprint density at radius 3 is 2.96 bits per heavy atom. The second-order valence-electron chi connectivity index (χ2n) is 5.38. The second-order valence-corrected chi connectivity index (χ2v) is 5.38. The highest BCUT2D eigenvalue weighted by Crippen LogP contribution is 2.13. The molecule has 0 atom stereocenters. The minimum atomic E-state index is -0.362. The average Bonchev–Trinajstić information content (AvgIpc) is 3.05. The molecule has 124 valence electrons. The predicted molar refractivity (Wildman–Crippen MR) is 87.6 cm³/mol. The lowest BCUT2D eigenvalue weighted by Gasteiger charge is -2.09. The van der Waals surface area contributed by atoms with Crippen LogP contribution in [0.25, 0.3) is 10.9 Å². The summed E-state index contributed by atoms with van der Waals surface area (Å²) in [5.74, 6) is -0.362. The van der Waals surface area contributed by atoms with E-state index in [1.54, 1.807) is 17.7 Å². The van der Waals surface area contributed by atoms with E-state index >= 15 is 0 Å². The van der Waals surface area contributed by atoms with Gasteiger partial charge in [-0.2, -0.15) is 0 Å². The van der Waals surface area contributed by atoms with Crippen molar-refractivity contribution in [3.63, 3.8) is 0 Å². The number of ether oxygens (including phenoxy) is 1. The van der Waals surface area contributed by atoms with Crippen LogP contribution in [0, 0.1) is 0 Å². The SMILES string of the molecule is COCc1nocc1C(=O)NCc1cc2ccccc2n(C)c1=O. The standard InChI is InChI=1S/C17H17N3O4/c1-20-15-6-4-3-5-11(15)7-12(17(20)22)8-18-16(21)13-9-24-19-14(13)10-23-2/h3-7,9H,8,10H2,1-2H3,(H,18,21). The zero-order chi connectivity index (χ0) is 17.1. The Labute approximate surface area is 137 Å². The Morgan fingerprint density at radius 1 is 1.38 bits per heavy atom. The summed E-state index contributed by atoms with van der Waals surface area (Å²) < 4.78 is 11.4. The van der Waals surface area contributed by atoms with Gasteiger partial charge in [-0.15, -0.1) is 0 Å². The summed E-state index contributed by atoms with van der Waals surface area (Å²) in [5.41, 5.74) is 1.93. The van der Waals surface area contributed by atoms with Gasteiger partial charge in [0.15, 0.2) is 0 Å². The van der Waals surface area contributed by atoms with E-state index in [-0.39, 0.29) is 24.6 Å². The number of methoxy groups -OCH3 is 1. The number of carbonyl (C=O) groups excluding carboxylic acids is 1. The molecule has 0 aliphatic rings. The van der Waals surface area contributed by atoms with Crippen LogP contribution in [0.4, 0.5) is 0 Å². The van der Waals surface area contributed by atoms with Gasteiger partial charge in [-0.3, -0.25) is 9.59 Å². The van der Waals surface area contributed by atoms with Gasteiger partial charge in [-0.1, -0.05) is 23.4 Å². The maximum absolute atomic E-state index is 12.4. The Kier molecular flexibility index (Phi) is 4.43. The van der Waals surface area contributed by atoms with Crippen molar-refractivity contribution in [3.05, 3.63) is 63.8 Å². The molecule has 0 spiro atoms. The van der Waals surface area contributed by atoms with E-state index in [4.69, 9.17) is 9.26 Å². The van der Waals surface area contributed by atoms with Crippen LogP contribution < -0.4 is 10.9 Å². The molecule has 1 N–H and O–H groups in total. The van der Waals surface area contributed by atoms with E-state index in [0.29, 0.717) is 16.8 Å². The molecule has 7 heteroatoms. The summed E-state index contributed by atoms with van der Waals surface area (Å²) in [6, 6.07) is 9.39. The summed E-state index contributed by atoms with van der Waals surface area (Å²) in [7, 11) is 3.22. The van der Waals surface area contributed by atoms with E-state index in [9.17, 15) is 9.59 Å². The zero-order valence-electron chi connectivity index (χ0n) is 13.4. The Morgan fingerprint density at radius 2 is 2.17 bits per heavy atom. The van der Waals surface area contributed by atoms with Crippen molar-refractivity contribution in [3.8, 4) is 0 Å². The lowest BCUT2D eigenvalue weighted by atomic mass is 10.1. The molecule has 3 aromatic rings. The summed E-state index contributed by atoms with van der Waals surface area (Å²) in [6.45, 7) is 0.297. The van der Waals surface area contributed by atoms with E-state index in [1.165, 1.54) is 13.4 Å². The van der Waals surface area contributed by atoms with Gasteiger partial charge in [0.2, 0.25) is 0 Å². The Bertz CT molecular complexity index is 942. The van der Waals surface area contributed by atoms with Gasteiger partial charge in [0.25, 0.3) is 11.5 Å². The molecule has 24 heavy (non-hydrogen) atoms. The number of fused-ring (bicyclic) bond motifs is 1. The van der Waals surface area contributed by atoms with E-state index in [1.807, 2.05) is 24.3 Å². The quantitative estimate of drug-likeness (QED) is 0.769. The number of hydrogen-bond acceptors (Lipinski definition) is 5.